The minimum absolute atomic E-state index is 0.0544. The molecule has 1 aliphatic rings. The molecule has 3 heteroatoms. The summed E-state index contributed by atoms with van der Waals surface area (Å²) in [5.74, 6) is 5.66. The molecule has 0 spiro atoms. The fourth-order valence-corrected chi connectivity index (χ4v) is 0.894. The fraction of sp³-hybridized carbons (Fsp3) is 0.571. The lowest BCUT2D eigenvalue weighted by Crippen LogP contribution is -2.48. The number of hydrogen-bond donors (Lipinski definition) is 2. The maximum absolute atomic E-state index is 10.7. The number of nitrogens with one attached hydrogen (secondary N) is 2. The van der Waals surface area contributed by atoms with Gasteiger partial charge in [0.05, 0.1) is 6.04 Å². The summed E-state index contributed by atoms with van der Waals surface area (Å²) < 4.78 is 0. The van der Waals surface area contributed by atoms with Crippen molar-refractivity contribution in [2.24, 2.45) is 0 Å². The van der Waals surface area contributed by atoms with Gasteiger partial charge in [-0.3, -0.25) is 0 Å². The van der Waals surface area contributed by atoms with Crippen LogP contribution in [0.1, 0.15) is 13.3 Å². The highest BCUT2D eigenvalue weighted by atomic mass is 16.2. The van der Waals surface area contributed by atoms with Crippen molar-refractivity contribution in [3.63, 3.8) is 0 Å². The average Bonchev–Trinajstić information content (AvgIpc) is 1.88. The lowest BCUT2D eigenvalue weighted by atomic mass is 10.2. The third-order valence-electron chi connectivity index (χ3n) is 1.34. The normalized spacial score (nSPS) is 23.7. The third-order valence-corrected chi connectivity index (χ3v) is 1.34. The van der Waals surface area contributed by atoms with Gasteiger partial charge in [-0.2, -0.15) is 0 Å². The van der Waals surface area contributed by atoms with Gasteiger partial charge in [0.1, 0.15) is 0 Å². The molecule has 1 rings (SSSR count). The van der Waals surface area contributed by atoms with Crippen LogP contribution in [0.3, 0.4) is 0 Å². The molecule has 0 saturated carbocycles. The minimum atomic E-state index is -0.112. The molecule has 3 nitrogen and oxygen atoms in total. The van der Waals surface area contributed by atoms with Gasteiger partial charge < -0.3 is 10.6 Å². The zero-order chi connectivity index (χ0) is 7.40. The summed E-state index contributed by atoms with van der Waals surface area (Å²) in [5.41, 5.74) is 0. The van der Waals surface area contributed by atoms with E-state index in [1.165, 1.54) is 0 Å². The Balaban J connectivity index is 2.44. The van der Waals surface area contributed by atoms with Gasteiger partial charge in [-0.1, -0.05) is 5.92 Å². The zero-order valence-electron chi connectivity index (χ0n) is 5.90. The zero-order valence-corrected chi connectivity index (χ0v) is 5.90. The van der Waals surface area contributed by atoms with Crippen molar-refractivity contribution in [2.45, 2.75) is 19.4 Å². The van der Waals surface area contributed by atoms with Crippen molar-refractivity contribution < 1.29 is 4.79 Å². The Bertz CT molecular complexity index is 190. The molecule has 2 N–H and O–H groups in total. The van der Waals surface area contributed by atoms with Crippen LogP contribution in [-0.2, 0) is 0 Å². The van der Waals surface area contributed by atoms with Crippen molar-refractivity contribution in [1.29, 1.82) is 0 Å². The smallest absolute Gasteiger partial charge is 0.315 e. The van der Waals surface area contributed by atoms with Crippen molar-refractivity contribution in [3.8, 4) is 11.8 Å². The lowest BCUT2D eigenvalue weighted by molar-refractivity contribution is 0.233. The first-order valence-corrected chi connectivity index (χ1v) is 3.29. The second-order valence-electron chi connectivity index (χ2n) is 2.14. The summed E-state index contributed by atoms with van der Waals surface area (Å²) in [7, 11) is 0. The summed E-state index contributed by atoms with van der Waals surface area (Å²) in [6.07, 6.45) is 0.895. The van der Waals surface area contributed by atoms with E-state index in [0.29, 0.717) is 0 Å². The molecule has 0 aliphatic carbocycles. The number of hydrogen-bond acceptors (Lipinski definition) is 1. The maximum Gasteiger partial charge on any atom is 0.315 e. The Hall–Kier alpha value is -1.17. The van der Waals surface area contributed by atoms with Crippen LogP contribution in [0.4, 0.5) is 4.79 Å². The van der Waals surface area contributed by atoms with E-state index in [0.717, 1.165) is 13.0 Å². The van der Waals surface area contributed by atoms with Crippen LogP contribution in [0, 0.1) is 11.8 Å². The SMILES string of the molecule is CC#CC1CCNC(=O)N1. The summed E-state index contributed by atoms with van der Waals surface area (Å²) in [6, 6.07) is -0.0576. The molecule has 10 heavy (non-hydrogen) atoms. The Morgan fingerprint density at radius 2 is 2.50 bits per heavy atom. The molecule has 0 bridgehead atoms. The summed E-state index contributed by atoms with van der Waals surface area (Å²) >= 11 is 0. The van der Waals surface area contributed by atoms with Gasteiger partial charge in [0.15, 0.2) is 0 Å². The first kappa shape index (κ1) is 6.94. The van der Waals surface area contributed by atoms with Gasteiger partial charge in [0, 0.05) is 6.54 Å². The number of carbonyl (C=O) groups excluding carboxylic acids is 1. The van der Waals surface area contributed by atoms with Crippen LogP contribution in [0.2, 0.25) is 0 Å². The Morgan fingerprint density at radius 3 is 3.10 bits per heavy atom. The van der Waals surface area contributed by atoms with E-state index in [2.05, 4.69) is 22.5 Å². The molecule has 0 radical (unpaired) electrons. The van der Waals surface area contributed by atoms with Gasteiger partial charge >= 0.3 is 6.03 Å². The Kier molecular flexibility index (Phi) is 2.16. The number of amides is 2. The minimum Gasteiger partial charge on any atom is -0.338 e. The van der Waals surface area contributed by atoms with E-state index in [-0.39, 0.29) is 12.1 Å². The molecule has 1 fully saturated rings. The van der Waals surface area contributed by atoms with E-state index < -0.39 is 0 Å². The number of rotatable bonds is 0. The fourth-order valence-electron chi connectivity index (χ4n) is 0.894. The van der Waals surface area contributed by atoms with Crippen LogP contribution in [0.5, 0.6) is 0 Å². The third kappa shape index (κ3) is 1.66. The van der Waals surface area contributed by atoms with Crippen molar-refractivity contribution in [1.82, 2.24) is 10.6 Å². The van der Waals surface area contributed by atoms with Gasteiger partial charge in [0.2, 0.25) is 0 Å². The predicted octanol–water partition coefficient (Wildman–Crippen LogP) is 0.0812. The largest absolute Gasteiger partial charge is 0.338 e. The summed E-state index contributed by atoms with van der Waals surface area (Å²) in [4.78, 5) is 10.7. The molecule has 1 unspecified atom stereocenters. The van der Waals surface area contributed by atoms with E-state index >= 15 is 0 Å². The van der Waals surface area contributed by atoms with Crippen LogP contribution in [-0.4, -0.2) is 18.6 Å². The molecule has 0 aromatic rings. The molecule has 0 aromatic carbocycles. The predicted molar refractivity (Wildman–Crippen MR) is 38.4 cm³/mol. The summed E-state index contributed by atoms with van der Waals surface area (Å²) in [6.45, 7) is 2.50. The van der Waals surface area contributed by atoms with Crippen molar-refractivity contribution >= 4 is 6.03 Å². The molecular formula is C7H10N2O. The van der Waals surface area contributed by atoms with Crippen LogP contribution >= 0.6 is 0 Å². The Labute approximate surface area is 60.2 Å². The second kappa shape index (κ2) is 3.11. The molecule has 1 aliphatic heterocycles. The number of carbonyl (C=O) groups is 1. The molecule has 54 valence electrons. The van der Waals surface area contributed by atoms with Gasteiger partial charge in [-0.25, -0.2) is 4.79 Å². The average molecular weight is 138 g/mol. The first-order chi connectivity index (χ1) is 4.83. The van der Waals surface area contributed by atoms with Crippen molar-refractivity contribution in [2.75, 3.05) is 6.54 Å². The quantitative estimate of drug-likeness (QED) is 0.457. The first-order valence-electron chi connectivity index (χ1n) is 3.29. The van der Waals surface area contributed by atoms with Gasteiger partial charge in [-0.15, -0.1) is 5.92 Å². The van der Waals surface area contributed by atoms with E-state index in [9.17, 15) is 4.79 Å². The molecule has 1 atom stereocenters. The lowest BCUT2D eigenvalue weighted by Gasteiger charge is -2.19. The maximum atomic E-state index is 10.7. The number of urea groups is 1. The van der Waals surface area contributed by atoms with Crippen LogP contribution in [0.15, 0.2) is 0 Å². The molecule has 1 heterocycles. The van der Waals surface area contributed by atoms with Crippen LogP contribution < -0.4 is 10.6 Å². The van der Waals surface area contributed by atoms with Crippen LogP contribution in [0.25, 0.3) is 0 Å². The van der Waals surface area contributed by atoms with Crippen molar-refractivity contribution in [3.05, 3.63) is 0 Å². The highest BCUT2D eigenvalue weighted by molar-refractivity contribution is 5.75. The molecular weight excluding hydrogens is 128 g/mol. The molecule has 1 saturated heterocycles. The molecule has 0 aromatic heterocycles. The van der Waals surface area contributed by atoms with E-state index in [1.54, 1.807) is 6.92 Å². The van der Waals surface area contributed by atoms with Gasteiger partial charge in [0.25, 0.3) is 0 Å². The highest BCUT2D eigenvalue weighted by Crippen LogP contribution is 1.93. The topological polar surface area (TPSA) is 41.1 Å². The second-order valence-corrected chi connectivity index (χ2v) is 2.14. The molecule has 2 amide bonds. The van der Waals surface area contributed by atoms with Gasteiger partial charge in [-0.05, 0) is 13.3 Å². The Morgan fingerprint density at radius 1 is 1.70 bits per heavy atom. The summed E-state index contributed by atoms with van der Waals surface area (Å²) in [5, 5.41) is 5.35. The monoisotopic (exact) mass is 138 g/mol. The highest BCUT2D eigenvalue weighted by Gasteiger charge is 2.13. The van der Waals surface area contributed by atoms with E-state index in [1.807, 2.05) is 0 Å². The van der Waals surface area contributed by atoms with E-state index in [4.69, 9.17) is 0 Å². The standard InChI is InChI=1S/C7H10N2O/c1-2-3-6-4-5-8-7(10)9-6/h6H,4-5H2,1H3,(H2,8,9,10).